The summed E-state index contributed by atoms with van der Waals surface area (Å²) >= 11 is 3.95. The summed E-state index contributed by atoms with van der Waals surface area (Å²) < 4.78 is 0. The smallest absolute Gasteiger partial charge is 0.235 e. The first-order valence-electron chi connectivity index (χ1n) is 2.66. The van der Waals surface area contributed by atoms with Crippen LogP contribution in [0.3, 0.4) is 0 Å². The summed E-state index contributed by atoms with van der Waals surface area (Å²) in [6, 6.07) is -0.242. The van der Waals surface area contributed by atoms with Crippen LogP contribution in [0.5, 0.6) is 0 Å². The second-order valence-electron chi connectivity index (χ2n) is 2.06. The predicted octanol–water partition coefficient (Wildman–Crippen LogP) is -0.668. The first-order valence-corrected chi connectivity index (χ1v) is 3.29. The van der Waals surface area contributed by atoms with Crippen molar-refractivity contribution in [1.82, 2.24) is 4.90 Å². The van der Waals surface area contributed by atoms with Crippen LogP contribution in [-0.4, -0.2) is 36.7 Å². The molecule has 0 aromatic heterocycles. The maximum atomic E-state index is 10.5. The van der Waals surface area contributed by atoms with Gasteiger partial charge in [0, 0.05) is 5.75 Å². The zero-order valence-electron chi connectivity index (χ0n) is 5.66. The average molecular weight is 148 g/mol. The van der Waals surface area contributed by atoms with Crippen LogP contribution in [0.2, 0.25) is 0 Å². The standard InChI is InChI=1S/C5H12N2OS/c1-7(2)4(3-9)5(6)8/h4,9H,3H2,1-2H3,(H2,6,8)/t4-/m0/s1. The van der Waals surface area contributed by atoms with E-state index >= 15 is 0 Å². The molecule has 4 heteroatoms. The van der Waals surface area contributed by atoms with Crippen LogP contribution >= 0.6 is 12.6 Å². The van der Waals surface area contributed by atoms with E-state index < -0.39 is 0 Å². The highest BCUT2D eigenvalue weighted by Gasteiger charge is 2.14. The van der Waals surface area contributed by atoms with Crippen LogP contribution in [0.4, 0.5) is 0 Å². The normalized spacial score (nSPS) is 13.8. The van der Waals surface area contributed by atoms with Gasteiger partial charge in [-0.1, -0.05) is 0 Å². The molecule has 0 saturated carbocycles. The molecule has 0 saturated heterocycles. The van der Waals surface area contributed by atoms with E-state index in [2.05, 4.69) is 12.6 Å². The summed E-state index contributed by atoms with van der Waals surface area (Å²) in [7, 11) is 3.59. The number of amides is 1. The number of carbonyl (C=O) groups excluding carboxylic acids is 1. The molecule has 1 atom stereocenters. The minimum absolute atomic E-state index is 0.242. The van der Waals surface area contributed by atoms with Crippen molar-refractivity contribution in [1.29, 1.82) is 0 Å². The number of hydrogen-bond donors (Lipinski definition) is 2. The molecule has 0 unspecified atom stereocenters. The third kappa shape index (κ3) is 2.72. The van der Waals surface area contributed by atoms with Crippen molar-refractivity contribution in [3.63, 3.8) is 0 Å². The maximum absolute atomic E-state index is 10.5. The summed E-state index contributed by atoms with van der Waals surface area (Å²) in [4.78, 5) is 12.2. The molecule has 2 N–H and O–H groups in total. The molecule has 54 valence electrons. The van der Waals surface area contributed by atoms with Gasteiger partial charge in [0.05, 0.1) is 6.04 Å². The number of likely N-dealkylation sites (N-methyl/N-ethyl adjacent to an activating group) is 1. The molecular formula is C5H12N2OS. The molecule has 0 spiro atoms. The molecule has 9 heavy (non-hydrogen) atoms. The number of rotatable bonds is 3. The van der Waals surface area contributed by atoms with Crippen LogP contribution in [0.15, 0.2) is 0 Å². The molecule has 0 aliphatic rings. The first kappa shape index (κ1) is 8.78. The Morgan fingerprint density at radius 1 is 1.78 bits per heavy atom. The van der Waals surface area contributed by atoms with E-state index in [1.54, 1.807) is 19.0 Å². The first-order chi connectivity index (χ1) is 4.09. The lowest BCUT2D eigenvalue weighted by atomic mass is 10.3. The Hall–Kier alpha value is -0.220. The molecule has 0 aromatic carbocycles. The van der Waals surface area contributed by atoms with Gasteiger partial charge in [0.1, 0.15) is 0 Å². The number of thiol groups is 1. The Labute approximate surface area is 60.6 Å². The lowest BCUT2D eigenvalue weighted by Crippen LogP contribution is -2.41. The van der Waals surface area contributed by atoms with E-state index in [-0.39, 0.29) is 11.9 Å². The van der Waals surface area contributed by atoms with Gasteiger partial charge in [-0.25, -0.2) is 0 Å². The summed E-state index contributed by atoms with van der Waals surface area (Å²) in [5, 5.41) is 0. The molecule has 0 rings (SSSR count). The maximum Gasteiger partial charge on any atom is 0.235 e. The van der Waals surface area contributed by atoms with Crippen LogP contribution in [-0.2, 0) is 4.79 Å². The van der Waals surface area contributed by atoms with Crippen LogP contribution in [0, 0.1) is 0 Å². The summed E-state index contributed by atoms with van der Waals surface area (Å²) in [5.41, 5.74) is 5.02. The zero-order valence-corrected chi connectivity index (χ0v) is 6.56. The van der Waals surface area contributed by atoms with Gasteiger partial charge in [-0.15, -0.1) is 0 Å². The van der Waals surface area contributed by atoms with Crippen LogP contribution in [0.1, 0.15) is 0 Å². The quantitative estimate of drug-likeness (QED) is 0.521. The van der Waals surface area contributed by atoms with E-state index in [1.807, 2.05) is 0 Å². The van der Waals surface area contributed by atoms with Crippen molar-refractivity contribution >= 4 is 18.5 Å². The Morgan fingerprint density at radius 3 is 2.22 bits per heavy atom. The van der Waals surface area contributed by atoms with Gasteiger partial charge in [0.2, 0.25) is 5.91 Å². The van der Waals surface area contributed by atoms with E-state index in [0.717, 1.165) is 0 Å². The van der Waals surface area contributed by atoms with Gasteiger partial charge >= 0.3 is 0 Å². The average Bonchev–Trinajstić information content (AvgIpc) is 1.64. The Balaban J connectivity index is 3.83. The van der Waals surface area contributed by atoms with E-state index in [0.29, 0.717) is 5.75 Å². The highest BCUT2D eigenvalue weighted by atomic mass is 32.1. The van der Waals surface area contributed by atoms with Crippen molar-refractivity contribution in [2.45, 2.75) is 6.04 Å². The Bertz CT molecular complexity index is 105. The third-order valence-electron chi connectivity index (χ3n) is 1.12. The number of nitrogens with zero attached hydrogens (tertiary/aromatic N) is 1. The van der Waals surface area contributed by atoms with Crippen molar-refractivity contribution in [3.8, 4) is 0 Å². The summed E-state index contributed by atoms with van der Waals surface area (Å²) in [6.07, 6.45) is 0. The minimum atomic E-state index is -0.324. The lowest BCUT2D eigenvalue weighted by molar-refractivity contribution is -0.121. The fourth-order valence-corrected chi connectivity index (χ4v) is 1.01. The number of primary amides is 1. The van der Waals surface area contributed by atoms with Gasteiger partial charge in [0.25, 0.3) is 0 Å². The molecule has 3 nitrogen and oxygen atoms in total. The zero-order chi connectivity index (χ0) is 7.44. The highest BCUT2D eigenvalue weighted by molar-refractivity contribution is 7.80. The Morgan fingerprint density at radius 2 is 2.22 bits per heavy atom. The van der Waals surface area contributed by atoms with Gasteiger partial charge in [0.15, 0.2) is 0 Å². The van der Waals surface area contributed by atoms with E-state index in [9.17, 15) is 4.79 Å². The van der Waals surface area contributed by atoms with Crippen molar-refractivity contribution < 1.29 is 4.79 Å². The van der Waals surface area contributed by atoms with Gasteiger partial charge < -0.3 is 5.73 Å². The monoisotopic (exact) mass is 148 g/mol. The molecule has 0 aliphatic carbocycles. The SMILES string of the molecule is CN(C)[C@@H](CS)C(N)=O. The number of hydrogen-bond acceptors (Lipinski definition) is 3. The van der Waals surface area contributed by atoms with E-state index in [1.165, 1.54) is 0 Å². The Kier molecular flexibility index (Phi) is 3.65. The fourth-order valence-electron chi connectivity index (χ4n) is 0.508. The molecule has 0 heterocycles. The number of nitrogens with two attached hydrogens (primary N) is 1. The molecule has 0 aliphatic heterocycles. The highest BCUT2D eigenvalue weighted by Crippen LogP contribution is 1.93. The summed E-state index contributed by atoms with van der Waals surface area (Å²) in [6.45, 7) is 0. The minimum Gasteiger partial charge on any atom is -0.368 e. The molecule has 0 fully saturated rings. The largest absolute Gasteiger partial charge is 0.368 e. The third-order valence-corrected chi connectivity index (χ3v) is 1.47. The molecule has 0 radical (unpaired) electrons. The van der Waals surface area contributed by atoms with Crippen LogP contribution in [0.25, 0.3) is 0 Å². The predicted molar refractivity (Wildman–Crippen MR) is 40.5 cm³/mol. The fraction of sp³-hybridized carbons (Fsp3) is 0.800. The summed E-state index contributed by atoms with van der Waals surface area (Å²) in [5.74, 6) is 0.150. The van der Waals surface area contributed by atoms with E-state index in [4.69, 9.17) is 5.73 Å². The topological polar surface area (TPSA) is 46.3 Å². The lowest BCUT2D eigenvalue weighted by Gasteiger charge is -2.17. The van der Waals surface area contributed by atoms with Gasteiger partial charge in [-0.2, -0.15) is 12.6 Å². The van der Waals surface area contributed by atoms with Gasteiger partial charge in [-0.3, -0.25) is 9.69 Å². The second kappa shape index (κ2) is 3.74. The van der Waals surface area contributed by atoms with Gasteiger partial charge in [-0.05, 0) is 14.1 Å². The molecule has 1 amide bonds. The van der Waals surface area contributed by atoms with Crippen molar-refractivity contribution in [2.75, 3.05) is 19.8 Å². The van der Waals surface area contributed by atoms with Crippen molar-refractivity contribution in [3.05, 3.63) is 0 Å². The van der Waals surface area contributed by atoms with Crippen molar-refractivity contribution in [2.24, 2.45) is 5.73 Å². The second-order valence-corrected chi connectivity index (χ2v) is 2.43. The number of carbonyl (C=O) groups is 1. The molecule has 0 aromatic rings. The molecule has 0 bridgehead atoms. The molecular weight excluding hydrogens is 136 g/mol. The van der Waals surface area contributed by atoms with Crippen LogP contribution < -0.4 is 5.73 Å².